The third kappa shape index (κ3) is 5.51. The number of allylic oxidation sites excluding steroid dienone is 1. The summed E-state index contributed by atoms with van der Waals surface area (Å²) in [7, 11) is 0. The Labute approximate surface area is 192 Å². The Bertz CT molecular complexity index is 980. The highest BCUT2D eigenvalue weighted by Gasteiger charge is 2.37. The number of halogens is 1. The van der Waals surface area contributed by atoms with Gasteiger partial charge in [0.05, 0.1) is 43.1 Å². The number of carbonyl (C=O) groups excluding carboxylic acids is 1. The molecule has 2 aromatic rings. The summed E-state index contributed by atoms with van der Waals surface area (Å²) in [5, 5.41) is 3.82. The minimum Gasteiger partial charge on any atom is -0.475 e. The summed E-state index contributed by atoms with van der Waals surface area (Å²) < 4.78 is 22.4. The summed E-state index contributed by atoms with van der Waals surface area (Å²) in [5.41, 5.74) is 8.32. The van der Waals surface area contributed by atoms with Gasteiger partial charge in [-0.3, -0.25) is 0 Å². The average Bonchev–Trinajstić information content (AvgIpc) is 2.75. The zero-order valence-corrected chi connectivity index (χ0v) is 19.1. The number of anilines is 1. The summed E-state index contributed by atoms with van der Waals surface area (Å²) in [4.78, 5) is 16.8. The van der Waals surface area contributed by atoms with Gasteiger partial charge in [-0.1, -0.05) is 29.8 Å². The minimum absolute atomic E-state index is 0.117. The molecule has 172 valence electrons. The van der Waals surface area contributed by atoms with Gasteiger partial charge in [-0.15, -0.1) is 0 Å². The lowest BCUT2D eigenvalue weighted by molar-refractivity contribution is 0.0757. The highest BCUT2D eigenvalue weighted by Crippen LogP contribution is 2.47. The van der Waals surface area contributed by atoms with Gasteiger partial charge in [-0.2, -0.15) is 0 Å². The second-order valence-corrected chi connectivity index (χ2v) is 7.70. The van der Waals surface area contributed by atoms with Crippen molar-refractivity contribution in [3.8, 4) is 5.88 Å². The van der Waals surface area contributed by atoms with Crippen LogP contribution in [0.5, 0.6) is 5.88 Å². The van der Waals surface area contributed by atoms with Crippen LogP contribution in [0.25, 0.3) is 0 Å². The largest absolute Gasteiger partial charge is 0.513 e. The van der Waals surface area contributed by atoms with Gasteiger partial charge in [0, 0.05) is 23.5 Å². The van der Waals surface area contributed by atoms with Crippen molar-refractivity contribution < 1.29 is 23.7 Å². The molecular weight excluding hydrogens is 434 g/mol. The first-order valence-electron chi connectivity index (χ1n) is 10.5. The Morgan fingerprint density at radius 3 is 2.75 bits per heavy atom. The second kappa shape index (κ2) is 11.2. The quantitative estimate of drug-likeness (QED) is 0.417. The van der Waals surface area contributed by atoms with Crippen molar-refractivity contribution in [1.29, 1.82) is 0 Å². The van der Waals surface area contributed by atoms with Gasteiger partial charge in [-0.25, -0.2) is 9.78 Å². The van der Waals surface area contributed by atoms with E-state index in [0.717, 1.165) is 11.3 Å². The van der Waals surface area contributed by atoms with E-state index in [-0.39, 0.29) is 19.3 Å². The van der Waals surface area contributed by atoms with Crippen molar-refractivity contribution in [2.75, 3.05) is 31.7 Å². The van der Waals surface area contributed by atoms with Gasteiger partial charge in [0.1, 0.15) is 5.76 Å². The molecule has 1 aliphatic heterocycles. The number of rotatable bonds is 9. The molecule has 1 aromatic carbocycles. The predicted molar refractivity (Wildman–Crippen MR) is 122 cm³/mol. The van der Waals surface area contributed by atoms with E-state index < -0.39 is 12.1 Å². The molecule has 0 amide bonds. The van der Waals surface area contributed by atoms with Gasteiger partial charge in [0.25, 0.3) is 0 Å². The van der Waals surface area contributed by atoms with Gasteiger partial charge in [-0.05, 0) is 38.5 Å². The Balaban J connectivity index is 2.20. The van der Waals surface area contributed by atoms with E-state index in [1.165, 1.54) is 0 Å². The fourth-order valence-corrected chi connectivity index (χ4v) is 3.66. The standard InChI is InChI=1S/C23H28ClN3O5/c1-4-30-23(28)32-21-18(13-29-12-10-25)27-17-9-11-26-22(31-14(2)3)20(17)19(21)15-7-5-6-8-16(15)24/h5-9,11,14,19,27H,4,10,12-13,25H2,1-3H3. The fourth-order valence-electron chi connectivity index (χ4n) is 3.42. The molecule has 1 atom stereocenters. The first-order valence-corrected chi connectivity index (χ1v) is 10.9. The third-order valence-electron chi connectivity index (χ3n) is 4.62. The van der Waals surface area contributed by atoms with Crippen LogP contribution in [0, 0.1) is 0 Å². The van der Waals surface area contributed by atoms with E-state index in [2.05, 4.69) is 10.3 Å². The summed E-state index contributed by atoms with van der Waals surface area (Å²) in [5.74, 6) is 0.146. The first-order chi connectivity index (χ1) is 15.5. The maximum atomic E-state index is 12.4. The van der Waals surface area contributed by atoms with E-state index >= 15 is 0 Å². The van der Waals surface area contributed by atoms with E-state index in [0.29, 0.717) is 41.1 Å². The Kier molecular flexibility index (Phi) is 8.33. The molecule has 1 unspecified atom stereocenters. The van der Waals surface area contributed by atoms with Gasteiger partial charge in [0.15, 0.2) is 0 Å². The SMILES string of the molecule is CCOC(=O)OC1=C(COCCN)Nc2ccnc(OC(C)C)c2C1c1ccccc1Cl. The molecule has 0 saturated carbocycles. The number of nitrogens with one attached hydrogen (secondary N) is 1. The van der Waals surface area contributed by atoms with Crippen molar-refractivity contribution in [3.63, 3.8) is 0 Å². The lowest BCUT2D eigenvalue weighted by Gasteiger charge is -2.32. The maximum absolute atomic E-state index is 12.4. The number of fused-ring (bicyclic) bond motifs is 1. The smallest absolute Gasteiger partial charge is 0.475 e. The van der Waals surface area contributed by atoms with Gasteiger partial charge in [0.2, 0.25) is 5.88 Å². The molecule has 8 nitrogen and oxygen atoms in total. The number of hydrogen-bond acceptors (Lipinski definition) is 8. The van der Waals surface area contributed by atoms with E-state index in [1.807, 2.05) is 38.1 Å². The first kappa shape index (κ1) is 23.8. The number of ether oxygens (including phenoxy) is 4. The van der Waals surface area contributed by atoms with Crippen LogP contribution in [-0.4, -0.2) is 43.6 Å². The normalized spacial score (nSPS) is 15.2. The van der Waals surface area contributed by atoms with Crippen LogP contribution in [0.2, 0.25) is 5.02 Å². The topological polar surface area (TPSA) is 105 Å². The number of nitrogens with zero attached hydrogens (tertiary/aromatic N) is 1. The number of hydrogen-bond donors (Lipinski definition) is 2. The molecule has 0 radical (unpaired) electrons. The minimum atomic E-state index is -0.823. The number of pyridine rings is 1. The van der Waals surface area contributed by atoms with Crippen molar-refractivity contribution in [2.45, 2.75) is 32.8 Å². The molecule has 9 heteroatoms. The molecule has 3 rings (SSSR count). The van der Waals surface area contributed by atoms with Crippen LogP contribution in [0.15, 0.2) is 48.0 Å². The van der Waals surface area contributed by atoms with Crippen molar-refractivity contribution in [1.82, 2.24) is 4.98 Å². The molecule has 2 heterocycles. The molecule has 32 heavy (non-hydrogen) atoms. The van der Waals surface area contributed by atoms with Crippen molar-refractivity contribution in [2.24, 2.45) is 5.73 Å². The fraction of sp³-hybridized carbons (Fsp3) is 0.391. The van der Waals surface area contributed by atoms with Crippen molar-refractivity contribution >= 4 is 23.4 Å². The van der Waals surface area contributed by atoms with Crippen LogP contribution in [0.4, 0.5) is 10.5 Å². The monoisotopic (exact) mass is 461 g/mol. The van der Waals surface area contributed by atoms with Crippen molar-refractivity contribution in [3.05, 3.63) is 64.1 Å². The molecule has 1 aromatic heterocycles. The molecule has 1 aliphatic rings. The van der Waals surface area contributed by atoms with Gasteiger partial charge < -0.3 is 30.0 Å². The molecule has 0 fully saturated rings. The zero-order valence-electron chi connectivity index (χ0n) is 18.4. The number of carbonyl (C=O) groups is 1. The Morgan fingerprint density at radius 2 is 2.06 bits per heavy atom. The van der Waals surface area contributed by atoms with E-state index in [1.54, 1.807) is 19.2 Å². The van der Waals surface area contributed by atoms with Crippen LogP contribution in [0.3, 0.4) is 0 Å². The second-order valence-electron chi connectivity index (χ2n) is 7.29. The lowest BCUT2D eigenvalue weighted by Crippen LogP contribution is -2.27. The van der Waals surface area contributed by atoms with Crippen LogP contribution in [-0.2, 0) is 14.2 Å². The summed E-state index contributed by atoms with van der Waals surface area (Å²) in [6.45, 7) is 6.57. The summed E-state index contributed by atoms with van der Waals surface area (Å²) in [6.07, 6.45) is 0.716. The third-order valence-corrected chi connectivity index (χ3v) is 4.96. The number of aromatic nitrogens is 1. The highest BCUT2D eigenvalue weighted by atomic mass is 35.5. The van der Waals surface area contributed by atoms with Crippen LogP contribution < -0.4 is 15.8 Å². The summed E-state index contributed by atoms with van der Waals surface area (Å²) >= 11 is 6.60. The van der Waals surface area contributed by atoms with Crippen LogP contribution >= 0.6 is 11.6 Å². The molecule has 0 aliphatic carbocycles. The predicted octanol–water partition coefficient (Wildman–Crippen LogP) is 4.44. The molecule has 0 saturated heterocycles. The van der Waals surface area contributed by atoms with Crippen LogP contribution in [0.1, 0.15) is 37.8 Å². The lowest BCUT2D eigenvalue weighted by atomic mass is 9.85. The molecule has 0 spiro atoms. The Hall–Kier alpha value is -2.81. The zero-order chi connectivity index (χ0) is 23.1. The number of nitrogens with two attached hydrogens (primary N) is 1. The van der Waals surface area contributed by atoms with Gasteiger partial charge >= 0.3 is 6.16 Å². The number of benzene rings is 1. The highest BCUT2D eigenvalue weighted by molar-refractivity contribution is 6.31. The molecule has 3 N–H and O–H groups in total. The summed E-state index contributed by atoms with van der Waals surface area (Å²) in [6, 6.07) is 9.19. The Morgan fingerprint density at radius 1 is 1.28 bits per heavy atom. The maximum Gasteiger partial charge on any atom is 0.513 e. The van der Waals surface area contributed by atoms with E-state index in [9.17, 15) is 4.79 Å². The molecular formula is C23H28ClN3O5. The average molecular weight is 462 g/mol. The molecule has 0 bridgehead atoms. The van der Waals surface area contributed by atoms with E-state index in [4.69, 9.17) is 36.3 Å².